The van der Waals surface area contributed by atoms with Crippen LogP contribution >= 0.6 is 0 Å². The predicted molar refractivity (Wildman–Crippen MR) is 93.1 cm³/mol. The summed E-state index contributed by atoms with van der Waals surface area (Å²) in [5.74, 6) is 0. The van der Waals surface area contributed by atoms with Crippen LogP contribution in [-0.4, -0.2) is 13.6 Å². The Kier molecular flexibility index (Phi) is 5.99. The van der Waals surface area contributed by atoms with E-state index in [1.807, 2.05) is 25.2 Å². The van der Waals surface area contributed by atoms with E-state index in [0.29, 0.717) is 0 Å². The van der Waals surface area contributed by atoms with Crippen molar-refractivity contribution in [3.63, 3.8) is 0 Å². The highest BCUT2D eigenvalue weighted by atomic mass is 14.8. The molecule has 1 N–H and O–H groups in total. The van der Waals surface area contributed by atoms with Crippen LogP contribution in [0, 0.1) is 0 Å². The minimum absolute atomic E-state index is 1.02. The first-order valence-corrected chi connectivity index (χ1v) is 7.44. The van der Waals surface area contributed by atoms with E-state index in [4.69, 9.17) is 0 Å². The zero-order chi connectivity index (χ0) is 14.9. The summed E-state index contributed by atoms with van der Waals surface area (Å²) in [4.78, 5) is 0. The number of nitrogens with one attached hydrogen (secondary N) is 1. The van der Waals surface area contributed by atoms with Gasteiger partial charge in [0.2, 0.25) is 0 Å². The SMILES string of the molecule is C=C(/C=C/C1=CC(=C/CCNC)/CC=C1)c1ccccc1. The van der Waals surface area contributed by atoms with Gasteiger partial charge in [0.15, 0.2) is 0 Å². The molecular formula is C20H23N. The molecule has 1 aliphatic rings. The normalized spacial score (nSPS) is 16.4. The molecule has 1 aromatic rings. The molecule has 0 bridgehead atoms. The first-order chi connectivity index (χ1) is 10.3. The third-order valence-corrected chi connectivity index (χ3v) is 3.44. The van der Waals surface area contributed by atoms with Gasteiger partial charge >= 0.3 is 0 Å². The average molecular weight is 277 g/mol. The Labute approximate surface area is 128 Å². The Balaban J connectivity index is 2.01. The minimum Gasteiger partial charge on any atom is -0.319 e. The van der Waals surface area contributed by atoms with E-state index in [1.54, 1.807) is 0 Å². The topological polar surface area (TPSA) is 12.0 Å². The molecule has 1 heteroatoms. The highest BCUT2D eigenvalue weighted by Crippen LogP contribution is 2.19. The van der Waals surface area contributed by atoms with Crippen LogP contribution < -0.4 is 5.32 Å². The number of hydrogen-bond donors (Lipinski definition) is 1. The van der Waals surface area contributed by atoms with Gasteiger partial charge in [0, 0.05) is 0 Å². The molecule has 0 unspecified atom stereocenters. The molecule has 108 valence electrons. The van der Waals surface area contributed by atoms with Gasteiger partial charge in [-0.05, 0) is 48.7 Å². The van der Waals surface area contributed by atoms with Crippen molar-refractivity contribution in [2.45, 2.75) is 12.8 Å². The molecule has 1 nitrogen and oxygen atoms in total. The van der Waals surface area contributed by atoms with Gasteiger partial charge < -0.3 is 5.32 Å². The summed E-state index contributed by atoms with van der Waals surface area (Å²) in [6, 6.07) is 10.3. The molecule has 0 fully saturated rings. The van der Waals surface area contributed by atoms with Crippen molar-refractivity contribution in [1.82, 2.24) is 5.32 Å². The molecule has 0 aromatic heterocycles. The van der Waals surface area contributed by atoms with Crippen LogP contribution in [0.4, 0.5) is 0 Å². The van der Waals surface area contributed by atoms with Gasteiger partial charge in [-0.3, -0.25) is 0 Å². The maximum atomic E-state index is 4.13. The van der Waals surface area contributed by atoms with Crippen LogP contribution in [0.1, 0.15) is 18.4 Å². The quantitative estimate of drug-likeness (QED) is 0.588. The summed E-state index contributed by atoms with van der Waals surface area (Å²) in [5, 5.41) is 3.17. The van der Waals surface area contributed by atoms with Crippen molar-refractivity contribution in [3.05, 3.63) is 90.1 Å². The van der Waals surface area contributed by atoms with Crippen molar-refractivity contribution in [2.24, 2.45) is 0 Å². The molecule has 0 spiro atoms. The van der Waals surface area contributed by atoms with Crippen molar-refractivity contribution in [3.8, 4) is 0 Å². The number of rotatable bonds is 6. The van der Waals surface area contributed by atoms with E-state index >= 15 is 0 Å². The van der Waals surface area contributed by atoms with E-state index < -0.39 is 0 Å². The molecule has 0 saturated heterocycles. The van der Waals surface area contributed by atoms with Crippen LogP contribution in [0.15, 0.2) is 84.5 Å². The lowest BCUT2D eigenvalue weighted by atomic mass is 9.99. The standard InChI is InChI=1S/C20H23N/c1-17(20-11-4-3-5-12-20)13-14-19-9-6-8-18(16-19)10-7-15-21-2/h3-6,9-14,16,21H,1,7-8,15H2,2H3/b14-13+,18-10+. The molecule has 0 heterocycles. The number of benzene rings is 1. The van der Waals surface area contributed by atoms with Crippen LogP contribution in [0.3, 0.4) is 0 Å². The van der Waals surface area contributed by atoms with E-state index in [-0.39, 0.29) is 0 Å². The van der Waals surface area contributed by atoms with Gasteiger partial charge in [-0.15, -0.1) is 0 Å². The molecule has 1 aromatic carbocycles. The van der Waals surface area contributed by atoms with Crippen LogP contribution in [0.5, 0.6) is 0 Å². The lowest BCUT2D eigenvalue weighted by Crippen LogP contribution is -2.06. The van der Waals surface area contributed by atoms with E-state index in [1.165, 1.54) is 16.7 Å². The maximum Gasteiger partial charge on any atom is -0.00171 e. The summed E-state index contributed by atoms with van der Waals surface area (Å²) >= 11 is 0. The molecule has 0 aliphatic heterocycles. The third kappa shape index (κ3) is 5.05. The summed E-state index contributed by atoms with van der Waals surface area (Å²) in [6.07, 6.45) is 15.3. The molecule has 0 atom stereocenters. The van der Waals surface area contributed by atoms with E-state index in [9.17, 15) is 0 Å². The highest BCUT2D eigenvalue weighted by molar-refractivity contribution is 5.72. The maximum absolute atomic E-state index is 4.13. The Morgan fingerprint density at radius 2 is 2.10 bits per heavy atom. The van der Waals surface area contributed by atoms with E-state index in [0.717, 1.165) is 25.0 Å². The van der Waals surface area contributed by atoms with Crippen LogP contribution in [-0.2, 0) is 0 Å². The van der Waals surface area contributed by atoms with Gasteiger partial charge in [0.05, 0.1) is 0 Å². The van der Waals surface area contributed by atoms with Crippen molar-refractivity contribution < 1.29 is 0 Å². The smallest absolute Gasteiger partial charge is 0.00171 e. The van der Waals surface area contributed by atoms with Gasteiger partial charge in [-0.2, -0.15) is 0 Å². The van der Waals surface area contributed by atoms with Gasteiger partial charge in [0.1, 0.15) is 0 Å². The van der Waals surface area contributed by atoms with E-state index in [2.05, 4.69) is 60.5 Å². The zero-order valence-electron chi connectivity index (χ0n) is 12.7. The Hall–Kier alpha value is -2.12. The van der Waals surface area contributed by atoms with Crippen molar-refractivity contribution >= 4 is 5.57 Å². The average Bonchev–Trinajstić information content (AvgIpc) is 2.54. The Morgan fingerprint density at radius 1 is 1.29 bits per heavy atom. The van der Waals surface area contributed by atoms with Crippen molar-refractivity contribution in [1.29, 1.82) is 0 Å². The second kappa shape index (κ2) is 8.23. The summed E-state index contributed by atoms with van der Waals surface area (Å²) in [7, 11) is 1.98. The summed E-state index contributed by atoms with van der Waals surface area (Å²) in [6.45, 7) is 5.15. The monoisotopic (exact) mass is 277 g/mol. The zero-order valence-corrected chi connectivity index (χ0v) is 12.7. The largest absolute Gasteiger partial charge is 0.319 e. The molecule has 0 radical (unpaired) electrons. The van der Waals surface area contributed by atoms with Crippen molar-refractivity contribution in [2.75, 3.05) is 13.6 Å². The number of hydrogen-bond acceptors (Lipinski definition) is 1. The molecular weight excluding hydrogens is 254 g/mol. The second-order valence-corrected chi connectivity index (χ2v) is 5.15. The fourth-order valence-corrected chi connectivity index (χ4v) is 2.25. The van der Waals surface area contributed by atoms with Gasteiger partial charge in [-0.25, -0.2) is 0 Å². The molecule has 0 saturated carbocycles. The lowest BCUT2D eigenvalue weighted by molar-refractivity contribution is 0.804. The van der Waals surface area contributed by atoms with Gasteiger partial charge in [-0.1, -0.05) is 73.4 Å². The first kappa shape index (κ1) is 15.3. The Bertz CT molecular complexity index is 586. The molecule has 21 heavy (non-hydrogen) atoms. The molecule has 0 amide bonds. The van der Waals surface area contributed by atoms with Gasteiger partial charge in [0.25, 0.3) is 0 Å². The second-order valence-electron chi connectivity index (χ2n) is 5.15. The Morgan fingerprint density at radius 3 is 2.86 bits per heavy atom. The first-order valence-electron chi connectivity index (χ1n) is 7.44. The van der Waals surface area contributed by atoms with Crippen LogP contribution in [0.25, 0.3) is 5.57 Å². The summed E-state index contributed by atoms with van der Waals surface area (Å²) < 4.78 is 0. The molecule has 1 aliphatic carbocycles. The lowest BCUT2D eigenvalue weighted by Gasteiger charge is -2.07. The fraction of sp³-hybridized carbons (Fsp3) is 0.200. The third-order valence-electron chi connectivity index (χ3n) is 3.44. The van der Waals surface area contributed by atoms with Crippen LogP contribution in [0.2, 0.25) is 0 Å². The number of allylic oxidation sites excluding steroid dienone is 8. The summed E-state index contributed by atoms with van der Waals surface area (Å²) in [5.41, 5.74) is 4.82. The minimum atomic E-state index is 1.02. The highest BCUT2D eigenvalue weighted by Gasteiger charge is 1.99. The molecule has 2 rings (SSSR count). The predicted octanol–water partition coefficient (Wildman–Crippen LogP) is 4.68. The fourth-order valence-electron chi connectivity index (χ4n) is 2.25.